The minimum absolute atomic E-state index is 0.000114. The molecule has 2 heterocycles. The summed E-state index contributed by atoms with van der Waals surface area (Å²) >= 11 is 7.75. The summed E-state index contributed by atoms with van der Waals surface area (Å²) in [5, 5.41) is 9.47. The summed E-state index contributed by atoms with van der Waals surface area (Å²) in [6.45, 7) is 10.1. The van der Waals surface area contributed by atoms with E-state index in [2.05, 4.69) is 78.7 Å². The van der Waals surface area contributed by atoms with Crippen molar-refractivity contribution >= 4 is 34.5 Å². The van der Waals surface area contributed by atoms with Crippen molar-refractivity contribution in [3.63, 3.8) is 0 Å². The number of carbonyl (C=O) groups excluding carboxylic acids is 1. The first-order chi connectivity index (χ1) is 20.3. The lowest BCUT2D eigenvalue weighted by Crippen LogP contribution is -2.50. The molecular weight excluding hydrogens is 563 g/mol. The van der Waals surface area contributed by atoms with Gasteiger partial charge in [0.25, 0.3) is 0 Å². The number of carbonyl (C=O) groups is 1. The first-order valence-corrected chi connectivity index (χ1v) is 16.7. The fraction of sp³-hybridized carbons (Fsp3) is 0.576. The molecule has 42 heavy (non-hydrogen) atoms. The van der Waals surface area contributed by atoms with Crippen molar-refractivity contribution in [3.8, 4) is 0 Å². The lowest BCUT2D eigenvalue weighted by Gasteiger charge is -2.36. The van der Waals surface area contributed by atoms with Crippen LogP contribution in [0.5, 0.6) is 0 Å². The van der Waals surface area contributed by atoms with E-state index < -0.39 is 0 Å². The average molecular weight is 608 g/mol. The van der Waals surface area contributed by atoms with Crippen LogP contribution >= 0.6 is 23.6 Å². The first kappa shape index (κ1) is 32.1. The highest BCUT2D eigenvalue weighted by Crippen LogP contribution is 2.44. The van der Waals surface area contributed by atoms with Crippen LogP contribution in [-0.4, -0.2) is 34.4 Å². The lowest BCUT2D eigenvalue weighted by atomic mass is 9.84. The number of azide groups is 1. The highest BCUT2D eigenvalue weighted by atomic mass is 32.1. The summed E-state index contributed by atoms with van der Waals surface area (Å²) in [6.07, 6.45) is 5.59. The van der Waals surface area contributed by atoms with E-state index >= 15 is 0 Å². The van der Waals surface area contributed by atoms with Gasteiger partial charge in [0.05, 0.1) is 16.8 Å². The Balaban J connectivity index is 1.51. The SMILES string of the molecule is CCCN(C(=O)CC1CCC(N=[N+]=[N-])CC1)[C@@H](CC(C)C1=C(C)[C@@H](C)[C@H](c2ccccc2)O1)C(=S)NCc1cccs1. The maximum absolute atomic E-state index is 14.0. The summed E-state index contributed by atoms with van der Waals surface area (Å²) < 4.78 is 6.66. The summed E-state index contributed by atoms with van der Waals surface area (Å²) in [4.78, 5) is 20.9. The molecule has 1 N–H and O–H groups in total. The summed E-state index contributed by atoms with van der Waals surface area (Å²) in [6, 6.07) is 14.4. The van der Waals surface area contributed by atoms with Crippen LogP contribution in [0.15, 0.2) is 64.3 Å². The van der Waals surface area contributed by atoms with E-state index in [9.17, 15) is 4.79 Å². The monoisotopic (exact) mass is 607 g/mol. The van der Waals surface area contributed by atoms with Gasteiger partial charge in [-0.15, -0.1) is 11.3 Å². The van der Waals surface area contributed by atoms with Crippen molar-refractivity contribution in [3.05, 3.63) is 80.1 Å². The highest BCUT2D eigenvalue weighted by molar-refractivity contribution is 7.80. The topological polar surface area (TPSA) is 90.3 Å². The van der Waals surface area contributed by atoms with Crippen LogP contribution in [0.25, 0.3) is 10.4 Å². The van der Waals surface area contributed by atoms with E-state index in [4.69, 9.17) is 22.5 Å². The fourth-order valence-electron chi connectivity index (χ4n) is 6.41. The molecule has 2 aliphatic rings. The van der Waals surface area contributed by atoms with Gasteiger partial charge in [0.1, 0.15) is 6.10 Å². The Morgan fingerprint density at radius 3 is 2.60 bits per heavy atom. The summed E-state index contributed by atoms with van der Waals surface area (Å²) in [5.74, 6) is 1.88. The highest BCUT2D eigenvalue weighted by Gasteiger charge is 2.37. The summed E-state index contributed by atoms with van der Waals surface area (Å²) in [7, 11) is 0. The van der Waals surface area contributed by atoms with Gasteiger partial charge in [0.15, 0.2) is 0 Å². The number of thiocarbonyl (C=S) groups is 1. The molecule has 2 aromatic rings. The second-order valence-electron chi connectivity index (χ2n) is 11.9. The third-order valence-electron chi connectivity index (χ3n) is 8.91. The molecule has 4 rings (SSSR count). The van der Waals surface area contributed by atoms with Gasteiger partial charge < -0.3 is 15.0 Å². The Kier molecular flexibility index (Phi) is 11.9. The van der Waals surface area contributed by atoms with E-state index in [1.807, 2.05) is 17.0 Å². The zero-order valence-electron chi connectivity index (χ0n) is 25.4. The largest absolute Gasteiger partial charge is 0.489 e. The number of hydrogen-bond acceptors (Lipinski definition) is 5. The van der Waals surface area contributed by atoms with E-state index in [1.165, 1.54) is 16.0 Å². The maximum Gasteiger partial charge on any atom is 0.223 e. The van der Waals surface area contributed by atoms with Crippen LogP contribution in [-0.2, 0) is 16.1 Å². The fourth-order valence-corrected chi connectivity index (χ4v) is 7.35. The second-order valence-corrected chi connectivity index (χ2v) is 13.4. The van der Waals surface area contributed by atoms with E-state index in [0.29, 0.717) is 36.8 Å². The van der Waals surface area contributed by atoms with Crippen LogP contribution in [0.1, 0.15) is 89.2 Å². The molecule has 1 aliphatic heterocycles. The minimum Gasteiger partial charge on any atom is -0.489 e. The van der Waals surface area contributed by atoms with Crippen molar-refractivity contribution in [2.45, 2.75) is 97.4 Å². The Labute approximate surface area is 260 Å². The number of ether oxygens (including phenoxy) is 1. The van der Waals surface area contributed by atoms with Gasteiger partial charge in [0.2, 0.25) is 5.91 Å². The number of thiophene rings is 1. The van der Waals surface area contributed by atoms with Crippen molar-refractivity contribution in [2.75, 3.05) is 6.54 Å². The molecule has 1 amide bonds. The average Bonchev–Trinajstić information content (AvgIpc) is 3.63. The number of rotatable bonds is 13. The molecule has 1 fully saturated rings. The van der Waals surface area contributed by atoms with E-state index in [-0.39, 0.29) is 35.9 Å². The minimum atomic E-state index is -0.225. The van der Waals surface area contributed by atoms with Crippen LogP contribution < -0.4 is 5.32 Å². The lowest BCUT2D eigenvalue weighted by molar-refractivity contribution is -0.133. The molecule has 1 aliphatic carbocycles. The molecule has 0 saturated heterocycles. The number of nitrogens with one attached hydrogen (secondary N) is 1. The van der Waals surface area contributed by atoms with Crippen LogP contribution in [0.4, 0.5) is 0 Å². The van der Waals surface area contributed by atoms with Gasteiger partial charge in [0, 0.05) is 47.2 Å². The molecule has 7 nitrogen and oxygen atoms in total. The van der Waals surface area contributed by atoms with Gasteiger partial charge >= 0.3 is 0 Å². The predicted molar refractivity (Wildman–Crippen MR) is 175 cm³/mol. The molecule has 0 radical (unpaired) electrons. The third-order valence-corrected chi connectivity index (χ3v) is 10.2. The zero-order chi connectivity index (χ0) is 30.1. The molecule has 226 valence electrons. The Morgan fingerprint density at radius 2 is 1.95 bits per heavy atom. The van der Waals surface area contributed by atoms with Gasteiger partial charge in [-0.05, 0) is 79.5 Å². The predicted octanol–water partition coefficient (Wildman–Crippen LogP) is 8.74. The van der Waals surface area contributed by atoms with Gasteiger partial charge in [-0.25, -0.2) is 0 Å². The van der Waals surface area contributed by atoms with E-state index in [0.717, 1.165) is 37.9 Å². The molecule has 1 saturated carbocycles. The number of benzene rings is 1. The molecular formula is C33H45N5O2S2. The van der Waals surface area contributed by atoms with Crippen molar-refractivity contribution in [1.82, 2.24) is 10.2 Å². The first-order valence-electron chi connectivity index (χ1n) is 15.4. The zero-order valence-corrected chi connectivity index (χ0v) is 27.0. The second kappa shape index (κ2) is 15.6. The Morgan fingerprint density at radius 1 is 1.21 bits per heavy atom. The van der Waals surface area contributed by atoms with Crippen LogP contribution in [0.2, 0.25) is 0 Å². The molecule has 1 unspecified atom stereocenters. The molecule has 9 heteroatoms. The smallest absolute Gasteiger partial charge is 0.223 e. The van der Waals surface area contributed by atoms with Crippen LogP contribution in [0.3, 0.4) is 0 Å². The quantitative estimate of drug-likeness (QED) is 0.107. The molecule has 0 spiro atoms. The Bertz CT molecular complexity index is 1250. The van der Waals surface area contributed by atoms with Crippen LogP contribution in [0, 0.1) is 17.8 Å². The van der Waals surface area contributed by atoms with E-state index in [1.54, 1.807) is 11.3 Å². The number of hydrogen-bond donors (Lipinski definition) is 1. The molecule has 1 aromatic heterocycles. The molecule has 1 aromatic carbocycles. The van der Waals surface area contributed by atoms with Gasteiger partial charge in [-0.1, -0.05) is 74.5 Å². The van der Waals surface area contributed by atoms with Crippen molar-refractivity contribution in [2.24, 2.45) is 22.9 Å². The van der Waals surface area contributed by atoms with Gasteiger partial charge in [-0.2, -0.15) is 0 Å². The third kappa shape index (κ3) is 8.15. The standard InChI is InChI=1S/C33H45N5O2S2/c1-5-17-38(30(39)20-25-13-15-27(16-14-25)36-37-34)29(33(41)35-21-28-12-9-18-42-28)19-22(2)31-23(3)24(4)32(40-31)26-10-7-6-8-11-26/h6-12,18,22,24-25,27,29,32H,5,13-17,19-21H2,1-4H3,(H,35,41)/t22?,24-,25?,27?,29+,32-/m1/s1. The van der Waals surface area contributed by atoms with Gasteiger partial charge in [-0.3, -0.25) is 4.79 Å². The normalized spacial score (nSPS) is 23.4. The number of amides is 1. The Hall–Kier alpha value is -2.87. The molecule has 0 bridgehead atoms. The number of allylic oxidation sites excluding steroid dienone is 1. The molecule has 4 atom stereocenters. The summed E-state index contributed by atoms with van der Waals surface area (Å²) in [5.41, 5.74) is 11.3. The van der Waals surface area contributed by atoms with Crippen molar-refractivity contribution in [1.29, 1.82) is 0 Å². The maximum atomic E-state index is 14.0. The number of nitrogens with zero attached hydrogens (tertiary/aromatic N) is 4. The van der Waals surface area contributed by atoms with Crippen molar-refractivity contribution < 1.29 is 9.53 Å².